The molecule has 0 radical (unpaired) electrons. The molecule has 17 heavy (non-hydrogen) atoms. The number of benzene rings is 1. The Balaban J connectivity index is 2.32. The monoisotopic (exact) mass is 299 g/mol. The van der Waals surface area contributed by atoms with Gasteiger partial charge in [-0.3, -0.25) is 4.79 Å². The third kappa shape index (κ3) is 2.39. The molecule has 4 nitrogen and oxygen atoms in total. The Morgan fingerprint density at radius 3 is 2.94 bits per heavy atom. The molecular weight excluding hydrogens is 286 g/mol. The van der Waals surface area contributed by atoms with Crippen molar-refractivity contribution < 1.29 is 14.6 Å². The molecule has 0 spiro atoms. The Kier molecular flexibility index (Phi) is 3.28. The third-order valence-corrected chi connectivity index (χ3v) is 3.60. The van der Waals surface area contributed by atoms with E-state index in [2.05, 4.69) is 20.8 Å². The summed E-state index contributed by atoms with van der Waals surface area (Å²) >= 11 is 3.42. The normalized spacial score (nSPS) is 22.9. The zero-order chi connectivity index (χ0) is 12.6. The van der Waals surface area contributed by atoms with E-state index >= 15 is 0 Å². The van der Waals surface area contributed by atoms with Crippen LogP contribution in [-0.4, -0.2) is 30.3 Å². The molecule has 1 aromatic rings. The van der Waals surface area contributed by atoms with Gasteiger partial charge < -0.3 is 14.7 Å². The lowest BCUT2D eigenvalue weighted by Gasteiger charge is -2.39. The first kappa shape index (κ1) is 12.2. The van der Waals surface area contributed by atoms with Gasteiger partial charge in [0.1, 0.15) is 11.9 Å². The van der Waals surface area contributed by atoms with Gasteiger partial charge in [-0.25, -0.2) is 0 Å². The van der Waals surface area contributed by atoms with E-state index in [1.165, 1.54) is 0 Å². The minimum absolute atomic E-state index is 0.0149. The van der Waals surface area contributed by atoms with Gasteiger partial charge in [-0.05, 0) is 25.1 Å². The average Bonchev–Trinajstić information content (AvgIpc) is 2.26. The molecule has 92 valence electrons. The highest BCUT2D eigenvalue weighted by Crippen LogP contribution is 2.37. The molecule has 0 saturated carbocycles. The van der Waals surface area contributed by atoms with Crippen LogP contribution in [0.15, 0.2) is 22.7 Å². The number of hydrogen-bond donors (Lipinski definition) is 1. The molecule has 1 heterocycles. The fourth-order valence-corrected chi connectivity index (χ4v) is 2.33. The number of carbonyl (C=O) groups is 1. The molecule has 1 N–H and O–H groups in total. The van der Waals surface area contributed by atoms with Crippen LogP contribution in [0.4, 0.5) is 5.69 Å². The molecule has 2 unspecified atom stereocenters. The molecular formula is C12H14BrNO3. The Morgan fingerprint density at radius 1 is 1.59 bits per heavy atom. The fraction of sp³-hybridized carbons (Fsp3) is 0.417. The second-order valence-electron chi connectivity index (χ2n) is 4.22. The summed E-state index contributed by atoms with van der Waals surface area (Å²) in [4.78, 5) is 12.8. The molecule has 0 bridgehead atoms. The lowest BCUT2D eigenvalue weighted by atomic mass is 10.0. The molecule has 0 fully saturated rings. The van der Waals surface area contributed by atoms with Crippen molar-refractivity contribution in [2.75, 3.05) is 11.9 Å². The van der Waals surface area contributed by atoms with E-state index in [4.69, 9.17) is 9.84 Å². The molecule has 0 saturated heterocycles. The number of carboxylic acid groups (broad SMARTS) is 1. The van der Waals surface area contributed by atoms with Gasteiger partial charge in [-0.1, -0.05) is 15.9 Å². The maximum Gasteiger partial charge on any atom is 0.307 e. The van der Waals surface area contributed by atoms with Crippen molar-refractivity contribution in [2.24, 2.45) is 0 Å². The van der Waals surface area contributed by atoms with Gasteiger partial charge in [-0.15, -0.1) is 0 Å². The van der Waals surface area contributed by atoms with Gasteiger partial charge in [-0.2, -0.15) is 0 Å². The van der Waals surface area contributed by atoms with E-state index in [0.29, 0.717) is 0 Å². The first-order valence-electron chi connectivity index (χ1n) is 5.40. The maximum atomic E-state index is 10.8. The lowest BCUT2D eigenvalue weighted by Crippen LogP contribution is -2.46. The van der Waals surface area contributed by atoms with Gasteiger partial charge in [0, 0.05) is 11.5 Å². The predicted molar refractivity (Wildman–Crippen MR) is 68.7 cm³/mol. The van der Waals surface area contributed by atoms with Crippen LogP contribution in [0.1, 0.15) is 13.3 Å². The summed E-state index contributed by atoms with van der Waals surface area (Å²) in [6.45, 7) is 1.97. The summed E-state index contributed by atoms with van der Waals surface area (Å²) in [5.41, 5.74) is 0.980. The summed E-state index contributed by atoms with van der Waals surface area (Å²) in [6.07, 6.45) is -0.299. The quantitative estimate of drug-likeness (QED) is 0.912. The van der Waals surface area contributed by atoms with Crippen molar-refractivity contribution in [2.45, 2.75) is 25.5 Å². The molecule has 1 aliphatic heterocycles. The number of aliphatic carboxylic acids is 1. The van der Waals surface area contributed by atoms with E-state index in [0.717, 1.165) is 15.9 Å². The number of carboxylic acids is 1. The van der Waals surface area contributed by atoms with Crippen LogP contribution in [0.2, 0.25) is 0 Å². The van der Waals surface area contributed by atoms with Crippen LogP contribution in [0.25, 0.3) is 0 Å². The predicted octanol–water partition coefficient (Wildman–Crippen LogP) is 2.51. The van der Waals surface area contributed by atoms with E-state index in [-0.39, 0.29) is 18.6 Å². The Labute approximate surface area is 108 Å². The van der Waals surface area contributed by atoms with Crippen LogP contribution >= 0.6 is 15.9 Å². The number of rotatable bonds is 2. The molecule has 2 atom stereocenters. The Morgan fingerprint density at radius 2 is 2.29 bits per heavy atom. The molecule has 1 aromatic carbocycles. The molecule has 5 heteroatoms. The van der Waals surface area contributed by atoms with Gasteiger partial charge in [0.2, 0.25) is 0 Å². The number of nitrogens with zero attached hydrogens (tertiary/aromatic N) is 1. The summed E-state index contributed by atoms with van der Waals surface area (Å²) in [7, 11) is 1.95. The summed E-state index contributed by atoms with van der Waals surface area (Å²) in [6, 6.07) is 5.76. The van der Waals surface area contributed by atoms with Crippen molar-refractivity contribution in [3.63, 3.8) is 0 Å². The van der Waals surface area contributed by atoms with Gasteiger partial charge in [0.15, 0.2) is 0 Å². The summed E-state index contributed by atoms with van der Waals surface area (Å²) in [5, 5.41) is 8.86. The first-order chi connectivity index (χ1) is 7.99. The zero-order valence-corrected chi connectivity index (χ0v) is 11.3. The molecule has 2 rings (SSSR count). The smallest absolute Gasteiger partial charge is 0.307 e. The third-order valence-electron chi connectivity index (χ3n) is 3.10. The summed E-state index contributed by atoms with van der Waals surface area (Å²) in [5.74, 6) is -0.101. The fourth-order valence-electron chi connectivity index (χ4n) is 1.98. The minimum atomic E-state index is -0.837. The standard InChI is InChI=1S/C12H14BrNO3/c1-7-11(6-12(15)16)17-10-4-3-8(13)5-9(10)14(7)2/h3-5,7,11H,6H2,1-2H3,(H,15,16). The van der Waals surface area contributed by atoms with Crippen LogP contribution in [0.5, 0.6) is 5.75 Å². The van der Waals surface area contributed by atoms with Crippen LogP contribution < -0.4 is 9.64 Å². The molecule has 0 aromatic heterocycles. The van der Waals surface area contributed by atoms with Gasteiger partial charge >= 0.3 is 5.97 Å². The van der Waals surface area contributed by atoms with Gasteiger partial charge in [0.25, 0.3) is 0 Å². The van der Waals surface area contributed by atoms with E-state index in [1.807, 2.05) is 32.2 Å². The van der Waals surface area contributed by atoms with Crippen LogP contribution in [0, 0.1) is 0 Å². The number of fused-ring (bicyclic) bond motifs is 1. The van der Waals surface area contributed by atoms with Crippen molar-refractivity contribution in [1.29, 1.82) is 0 Å². The SMILES string of the molecule is CC1C(CC(=O)O)Oc2ccc(Br)cc2N1C. The van der Waals surface area contributed by atoms with Crippen LogP contribution in [0.3, 0.4) is 0 Å². The highest BCUT2D eigenvalue weighted by Gasteiger charge is 2.32. The number of hydrogen-bond acceptors (Lipinski definition) is 3. The Bertz CT molecular complexity index is 449. The number of likely N-dealkylation sites (N-methyl/N-ethyl adjacent to an activating group) is 1. The topological polar surface area (TPSA) is 49.8 Å². The minimum Gasteiger partial charge on any atom is -0.486 e. The lowest BCUT2D eigenvalue weighted by molar-refractivity contribution is -0.139. The van der Waals surface area contributed by atoms with Crippen LogP contribution in [-0.2, 0) is 4.79 Å². The first-order valence-corrected chi connectivity index (χ1v) is 6.19. The van der Waals surface area contributed by atoms with Crippen molar-refractivity contribution in [1.82, 2.24) is 0 Å². The highest BCUT2D eigenvalue weighted by molar-refractivity contribution is 9.10. The van der Waals surface area contributed by atoms with E-state index < -0.39 is 5.97 Å². The molecule has 0 aliphatic carbocycles. The molecule has 0 amide bonds. The van der Waals surface area contributed by atoms with E-state index in [1.54, 1.807) is 0 Å². The highest BCUT2D eigenvalue weighted by atomic mass is 79.9. The van der Waals surface area contributed by atoms with Crippen molar-refractivity contribution in [3.8, 4) is 5.75 Å². The van der Waals surface area contributed by atoms with E-state index in [9.17, 15) is 4.79 Å². The Hall–Kier alpha value is -1.23. The maximum absolute atomic E-state index is 10.8. The zero-order valence-electron chi connectivity index (χ0n) is 9.68. The largest absolute Gasteiger partial charge is 0.486 e. The second-order valence-corrected chi connectivity index (χ2v) is 5.13. The average molecular weight is 300 g/mol. The number of ether oxygens (including phenoxy) is 1. The van der Waals surface area contributed by atoms with Gasteiger partial charge in [0.05, 0.1) is 18.2 Å². The number of halogens is 1. The molecule has 1 aliphatic rings. The summed E-state index contributed by atoms with van der Waals surface area (Å²) < 4.78 is 6.72. The van der Waals surface area contributed by atoms with Crippen molar-refractivity contribution >= 4 is 27.6 Å². The van der Waals surface area contributed by atoms with Crippen molar-refractivity contribution in [3.05, 3.63) is 22.7 Å². The number of anilines is 1. The second kappa shape index (κ2) is 4.56.